The van der Waals surface area contributed by atoms with Crippen LogP contribution in [0, 0.1) is 6.92 Å². The first-order valence-electron chi connectivity index (χ1n) is 10.2. The Morgan fingerprint density at radius 1 is 0.935 bits per heavy atom. The standard InChI is InChI=1S/C25H23N5O/c1-17-16-29(2)24(26-17)19-12-10-18(11-13-19)15-20-7-6-14-30-25(20)27-23(28-30)21-8-4-5-9-22(21)31-3/h4-14,16H,15H2,1-3H3. The number of pyridine rings is 1. The fourth-order valence-corrected chi connectivity index (χ4v) is 3.92. The van der Waals surface area contributed by atoms with Crippen LogP contribution in [-0.2, 0) is 13.5 Å². The molecule has 0 aliphatic heterocycles. The van der Waals surface area contributed by atoms with Crippen LogP contribution in [0.15, 0.2) is 73.1 Å². The zero-order chi connectivity index (χ0) is 21.4. The molecule has 0 radical (unpaired) electrons. The zero-order valence-corrected chi connectivity index (χ0v) is 17.8. The average Bonchev–Trinajstić information content (AvgIpc) is 3.37. The quantitative estimate of drug-likeness (QED) is 0.422. The Morgan fingerprint density at radius 3 is 2.48 bits per heavy atom. The van der Waals surface area contributed by atoms with E-state index in [1.54, 1.807) is 7.11 Å². The molecule has 6 nitrogen and oxygen atoms in total. The molecule has 5 rings (SSSR count). The molecule has 2 aromatic carbocycles. The topological polar surface area (TPSA) is 57.2 Å². The summed E-state index contributed by atoms with van der Waals surface area (Å²) >= 11 is 0. The van der Waals surface area contributed by atoms with E-state index in [1.165, 1.54) is 5.56 Å². The van der Waals surface area contributed by atoms with Crippen molar-refractivity contribution in [1.29, 1.82) is 0 Å². The van der Waals surface area contributed by atoms with Crippen LogP contribution in [0.4, 0.5) is 0 Å². The number of aromatic nitrogens is 5. The highest BCUT2D eigenvalue weighted by molar-refractivity contribution is 5.67. The van der Waals surface area contributed by atoms with Crippen LogP contribution in [0.2, 0.25) is 0 Å². The van der Waals surface area contributed by atoms with Crippen molar-refractivity contribution in [2.45, 2.75) is 13.3 Å². The fourth-order valence-electron chi connectivity index (χ4n) is 3.92. The molecule has 0 aliphatic rings. The summed E-state index contributed by atoms with van der Waals surface area (Å²) in [5.74, 6) is 2.40. The Labute approximate surface area is 180 Å². The van der Waals surface area contributed by atoms with Crippen molar-refractivity contribution in [2.75, 3.05) is 7.11 Å². The van der Waals surface area contributed by atoms with Gasteiger partial charge >= 0.3 is 0 Å². The third-order valence-electron chi connectivity index (χ3n) is 5.39. The van der Waals surface area contributed by atoms with Crippen LogP contribution in [-0.4, -0.2) is 31.3 Å². The maximum Gasteiger partial charge on any atom is 0.185 e. The second-order valence-corrected chi connectivity index (χ2v) is 7.63. The van der Waals surface area contributed by atoms with Gasteiger partial charge in [-0.15, -0.1) is 5.10 Å². The lowest BCUT2D eigenvalue weighted by Crippen LogP contribution is -1.95. The number of methoxy groups -OCH3 is 1. The Hall–Kier alpha value is -3.93. The van der Waals surface area contributed by atoms with Gasteiger partial charge in [0.2, 0.25) is 0 Å². The third-order valence-corrected chi connectivity index (χ3v) is 5.39. The molecule has 0 fully saturated rings. The lowest BCUT2D eigenvalue weighted by molar-refractivity contribution is 0.416. The number of hydrogen-bond acceptors (Lipinski definition) is 4. The van der Waals surface area contributed by atoms with Gasteiger partial charge in [0.1, 0.15) is 11.6 Å². The highest BCUT2D eigenvalue weighted by Crippen LogP contribution is 2.28. The van der Waals surface area contributed by atoms with Crippen LogP contribution in [0.1, 0.15) is 16.8 Å². The SMILES string of the molecule is COc1ccccc1-c1nc2c(Cc3ccc(-c4nc(C)cn4C)cc3)cccn2n1. The summed E-state index contributed by atoms with van der Waals surface area (Å²) < 4.78 is 9.37. The number of benzene rings is 2. The van der Waals surface area contributed by atoms with Crippen molar-refractivity contribution in [1.82, 2.24) is 24.1 Å². The molecule has 0 saturated carbocycles. The smallest absolute Gasteiger partial charge is 0.185 e. The van der Waals surface area contributed by atoms with Crippen LogP contribution < -0.4 is 4.74 Å². The van der Waals surface area contributed by atoms with Gasteiger partial charge in [0.25, 0.3) is 0 Å². The molecule has 0 spiro atoms. The van der Waals surface area contributed by atoms with Gasteiger partial charge in [-0.25, -0.2) is 14.5 Å². The minimum atomic E-state index is 0.658. The molecule has 6 heteroatoms. The predicted octanol–water partition coefficient (Wildman–Crippen LogP) is 4.70. The molecule has 0 bridgehead atoms. The molecular formula is C25H23N5O. The van der Waals surface area contributed by atoms with Crippen LogP contribution in [0.5, 0.6) is 5.75 Å². The van der Waals surface area contributed by atoms with Crippen molar-refractivity contribution in [3.63, 3.8) is 0 Å². The Balaban J connectivity index is 1.47. The number of ether oxygens (including phenoxy) is 1. The van der Waals surface area contributed by atoms with Crippen LogP contribution >= 0.6 is 0 Å². The summed E-state index contributed by atoms with van der Waals surface area (Å²) in [4.78, 5) is 9.44. The molecule has 154 valence electrons. The lowest BCUT2D eigenvalue weighted by atomic mass is 10.0. The van der Waals surface area contributed by atoms with Gasteiger partial charge in [-0.2, -0.15) is 0 Å². The molecule has 5 aromatic rings. The van der Waals surface area contributed by atoms with E-state index in [0.717, 1.165) is 46.0 Å². The molecule has 0 N–H and O–H groups in total. The number of nitrogens with zero attached hydrogens (tertiary/aromatic N) is 5. The van der Waals surface area contributed by atoms with E-state index in [1.807, 2.05) is 61.2 Å². The van der Waals surface area contributed by atoms with E-state index < -0.39 is 0 Å². The van der Waals surface area contributed by atoms with E-state index in [-0.39, 0.29) is 0 Å². The van der Waals surface area contributed by atoms with E-state index in [0.29, 0.717) is 5.82 Å². The maximum atomic E-state index is 5.48. The number of para-hydroxylation sites is 1. The predicted molar refractivity (Wildman–Crippen MR) is 121 cm³/mol. The molecule has 3 aromatic heterocycles. The summed E-state index contributed by atoms with van der Waals surface area (Å²) in [5.41, 5.74) is 6.20. The number of imidazole rings is 1. The van der Waals surface area contributed by atoms with Gasteiger partial charge in [-0.1, -0.05) is 42.5 Å². The second-order valence-electron chi connectivity index (χ2n) is 7.63. The molecule has 0 unspecified atom stereocenters. The first kappa shape index (κ1) is 19.1. The minimum Gasteiger partial charge on any atom is -0.496 e. The number of aryl methyl sites for hydroxylation is 2. The first-order chi connectivity index (χ1) is 15.1. The highest BCUT2D eigenvalue weighted by atomic mass is 16.5. The van der Waals surface area contributed by atoms with Crippen molar-refractivity contribution < 1.29 is 4.74 Å². The first-order valence-corrected chi connectivity index (χ1v) is 10.2. The average molecular weight is 409 g/mol. The molecule has 3 heterocycles. The van der Waals surface area contributed by atoms with Crippen molar-refractivity contribution in [3.8, 4) is 28.5 Å². The summed E-state index contributed by atoms with van der Waals surface area (Å²) in [6.45, 7) is 2.01. The van der Waals surface area contributed by atoms with Gasteiger partial charge in [0.15, 0.2) is 11.5 Å². The van der Waals surface area contributed by atoms with Crippen molar-refractivity contribution in [3.05, 3.63) is 89.9 Å². The Morgan fingerprint density at radius 2 is 1.74 bits per heavy atom. The van der Waals surface area contributed by atoms with Crippen molar-refractivity contribution >= 4 is 5.65 Å². The minimum absolute atomic E-state index is 0.658. The van der Waals surface area contributed by atoms with E-state index in [9.17, 15) is 0 Å². The van der Waals surface area contributed by atoms with Crippen molar-refractivity contribution in [2.24, 2.45) is 7.05 Å². The number of rotatable bonds is 5. The third kappa shape index (κ3) is 3.57. The van der Waals surface area contributed by atoms with E-state index >= 15 is 0 Å². The van der Waals surface area contributed by atoms with Gasteiger partial charge in [-0.3, -0.25) is 0 Å². The molecule has 31 heavy (non-hydrogen) atoms. The second kappa shape index (κ2) is 7.72. The summed E-state index contributed by atoms with van der Waals surface area (Å²) in [6, 6.07) is 20.5. The normalized spacial score (nSPS) is 11.2. The summed E-state index contributed by atoms with van der Waals surface area (Å²) in [7, 11) is 3.69. The molecule has 0 saturated heterocycles. The van der Waals surface area contributed by atoms with Gasteiger partial charge < -0.3 is 9.30 Å². The van der Waals surface area contributed by atoms with Gasteiger partial charge in [-0.05, 0) is 30.7 Å². The summed E-state index contributed by atoms with van der Waals surface area (Å²) in [6.07, 6.45) is 4.74. The molecular weight excluding hydrogens is 386 g/mol. The number of hydrogen-bond donors (Lipinski definition) is 0. The molecule has 0 aliphatic carbocycles. The lowest BCUT2D eigenvalue weighted by Gasteiger charge is -2.06. The molecule has 0 amide bonds. The van der Waals surface area contributed by atoms with Crippen LogP contribution in [0.3, 0.4) is 0 Å². The summed E-state index contributed by atoms with van der Waals surface area (Å²) in [5, 5.41) is 4.67. The van der Waals surface area contributed by atoms with Gasteiger partial charge in [0, 0.05) is 37.0 Å². The zero-order valence-electron chi connectivity index (χ0n) is 17.8. The van der Waals surface area contributed by atoms with Gasteiger partial charge in [0.05, 0.1) is 18.4 Å². The fraction of sp³-hybridized carbons (Fsp3) is 0.160. The monoisotopic (exact) mass is 409 g/mol. The Bertz CT molecular complexity index is 1360. The highest BCUT2D eigenvalue weighted by Gasteiger charge is 2.14. The number of fused-ring (bicyclic) bond motifs is 1. The van der Waals surface area contributed by atoms with Crippen LogP contribution in [0.25, 0.3) is 28.4 Å². The largest absolute Gasteiger partial charge is 0.496 e. The van der Waals surface area contributed by atoms with E-state index in [2.05, 4.69) is 45.0 Å². The van der Waals surface area contributed by atoms with E-state index in [4.69, 9.17) is 9.72 Å². The Kier molecular flexibility index (Phi) is 4.75. The maximum absolute atomic E-state index is 5.48. The molecule has 0 atom stereocenters.